The van der Waals surface area contributed by atoms with E-state index in [1.807, 2.05) is 11.4 Å². The number of carbonyl (C=O) groups excluding carboxylic acids is 1. The van der Waals surface area contributed by atoms with Crippen LogP contribution in [0.25, 0.3) is 0 Å². The van der Waals surface area contributed by atoms with E-state index in [0.717, 1.165) is 10.6 Å². The van der Waals surface area contributed by atoms with Crippen molar-refractivity contribution in [3.8, 4) is 0 Å². The Hall–Kier alpha value is -0.840. The second-order valence-corrected chi connectivity index (χ2v) is 4.59. The SMILES string of the molecule is C=C(Cl)CNCc1sccc1NC(C)=O. The molecule has 1 heterocycles. The van der Waals surface area contributed by atoms with Gasteiger partial charge < -0.3 is 10.6 Å². The topological polar surface area (TPSA) is 41.1 Å². The van der Waals surface area contributed by atoms with E-state index >= 15 is 0 Å². The smallest absolute Gasteiger partial charge is 0.221 e. The number of amides is 1. The Bertz CT molecular complexity index is 362. The molecule has 2 N–H and O–H groups in total. The number of hydrogen-bond donors (Lipinski definition) is 2. The van der Waals surface area contributed by atoms with Crippen molar-refractivity contribution in [2.24, 2.45) is 0 Å². The maximum atomic E-state index is 10.9. The molecule has 0 aromatic carbocycles. The molecule has 0 aliphatic rings. The molecule has 0 aliphatic carbocycles. The van der Waals surface area contributed by atoms with E-state index in [0.29, 0.717) is 18.1 Å². The Balaban J connectivity index is 2.49. The Labute approximate surface area is 98.1 Å². The summed E-state index contributed by atoms with van der Waals surface area (Å²) in [7, 11) is 0. The summed E-state index contributed by atoms with van der Waals surface area (Å²) in [5, 5.41) is 8.41. The van der Waals surface area contributed by atoms with Gasteiger partial charge in [-0.1, -0.05) is 18.2 Å². The number of nitrogens with one attached hydrogen (secondary N) is 2. The van der Waals surface area contributed by atoms with Crippen molar-refractivity contribution < 1.29 is 4.79 Å². The first-order valence-electron chi connectivity index (χ1n) is 4.47. The largest absolute Gasteiger partial charge is 0.325 e. The molecule has 0 fully saturated rings. The number of halogens is 1. The molecule has 1 aromatic heterocycles. The van der Waals surface area contributed by atoms with Crippen molar-refractivity contribution in [1.29, 1.82) is 0 Å². The minimum Gasteiger partial charge on any atom is -0.325 e. The van der Waals surface area contributed by atoms with Crippen molar-refractivity contribution >= 4 is 34.5 Å². The fraction of sp³-hybridized carbons (Fsp3) is 0.300. The van der Waals surface area contributed by atoms with Gasteiger partial charge in [0.2, 0.25) is 5.91 Å². The van der Waals surface area contributed by atoms with Crippen molar-refractivity contribution in [3.05, 3.63) is 27.9 Å². The lowest BCUT2D eigenvalue weighted by molar-refractivity contribution is -0.114. The van der Waals surface area contributed by atoms with Crippen LogP contribution in [0.3, 0.4) is 0 Å². The number of hydrogen-bond acceptors (Lipinski definition) is 3. The van der Waals surface area contributed by atoms with E-state index in [1.165, 1.54) is 6.92 Å². The zero-order valence-corrected chi connectivity index (χ0v) is 10.0. The summed E-state index contributed by atoms with van der Waals surface area (Å²) in [4.78, 5) is 12.0. The molecule has 0 atom stereocenters. The first-order chi connectivity index (χ1) is 7.09. The number of thiophene rings is 1. The van der Waals surface area contributed by atoms with Crippen LogP contribution in [0.5, 0.6) is 0 Å². The van der Waals surface area contributed by atoms with Gasteiger partial charge in [0.05, 0.1) is 5.69 Å². The highest BCUT2D eigenvalue weighted by Crippen LogP contribution is 2.21. The van der Waals surface area contributed by atoms with E-state index < -0.39 is 0 Å². The molecule has 1 amide bonds. The monoisotopic (exact) mass is 244 g/mol. The van der Waals surface area contributed by atoms with Crippen LogP contribution in [0, 0.1) is 0 Å². The van der Waals surface area contributed by atoms with Crippen LogP contribution in [-0.4, -0.2) is 12.5 Å². The zero-order valence-electron chi connectivity index (χ0n) is 8.47. The van der Waals surface area contributed by atoms with Gasteiger partial charge >= 0.3 is 0 Å². The van der Waals surface area contributed by atoms with Gasteiger partial charge in [0.1, 0.15) is 0 Å². The fourth-order valence-corrected chi connectivity index (χ4v) is 1.98. The maximum Gasteiger partial charge on any atom is 0.221 e. The normalized spacial score (nSPS) is 10.0. The summed E-state index contributed by atoms with van der Waals surface area (Å²) in [6, 6.07) is 1.89. The molecule has 1 rings (SSSR count). The third-order valence-electron chi connectivity index (χ3n) is 1.66. The Morgan fingerprint density at radius 3 is 3.00 bits per heavy atom. The van der Waals surface area contributed by atoms with Crippen LogP contribution in [0.1, 0.15) is 11.8 Å². The first kappa shape index (κ1) is 12.2. The Morgan fingerprint density at radius 1 is 1.67 bits per heavy atom. The van der Waals surface area contributed by atoms with Gasteiger partial charge in [-0.15, -0.1) is 11.3 Å². The minimum atomic E-state index is -0.0589. The van der Waals surface area contributed by atoms with Gasteiger partial charge in [-0.2, -0.15) is 0 Å². The average molecular weight is 245 g/mol. The second-order valence-electron chi connectivity index (χ2n) is 3.06. The van der Waals surface area contributed by atoms with Gasteiger partial charge in [-0.05, 0) is 11.4 Å². The summed E-state index contributed by atoms with van der Waals surface area (Å²) < 4.78 is 0. The fourth-order valence-electron chi connectivity index (χ4n) is 1.09. The number of anilines is 1. The summed E-state index contributed by atoms with van der Waals surface area (Å²) in [6.45, 7) is 6.32. The molecule has 0 bridgehead atoms. The maximum absolute atomic E-state index is 10.9. The molecule has 0 radical (unpaired) electrons. The molecule has 0 aliphatic heterocycles. The minimum absolute atomic E-state index is 0.0589. The van der Waals surface area contributed by atoms with E-state index in [9.17, 15) is 4.79 Å². The molecule has 3 nitrogen and oxygen atoms in total. The highest BCUT2D eigenvalue weighted by atomic mass is 35.5. The van der Waals surface area contributed by atoms with Crippen LogP contribution in [0.4, 0.5) is 5.69 Å². The quantitative estimate of drug-likeness (QED) is 0.836. The molecule has 0 unspecified atom stereocenters. The average Bonchev–Trinajstić information content (AvgIpc) is 2.51. The molecule has 1 aromatic rings. The molecule has 0 saturated carbocycles. The lowest BCUT2D eigenvalue weighted by atomic mass is 10.3. The van der Waals surface area contributed by atoms with Crippen molar-refractivity contribution in [1.82, 2.24) is 5.32 Å². The van der Waals surface area contributed by atoms with Gasteiger partial charge in [-0.3, -0.25) is 4.79 Å². The van der Waals surface area contributed by atoms with Crippen molar-refractivity contribution in [2.75, 3.05) is 11.9 Å². The summed E-state index contributed by atoms with van der Waals surface area (Å²) in [6.07, 6.45) is 0. The van der Waals surface area contributed by atoms with E-state index in [4.69, 9.17) is 11.6 Å². The number of rotatable bonds is 5. The zero-order chi connectivity index (χ0) is 11.3. The lowest BCUT2D eigenvalue weighted by Gasteiger charge is -2.05. The number of carbonyl (C=O) groups is 1. The summed E-state index contributed by atoms with van der Waals surface area (Å²) in [5.41, 5.74) is 0.861. The van der Waals surface area contributed by atoms with Gasteiger partial charge in [0, 0.05) is 29.9 Å². The third-order valence-corrected chi connectivity index (χ3v) is 2.71. The Morgan fingerprint density at radius 2 is 2.40 bits per heavy atom. The molecular formula is C10H13ClN2OS. The second kappa shape index (κ2) is 5.90. The van der Waals surface area contributed by atoms with Crippen molar-refractivity contribution in [3.63, 3.8) is 0 Å². The summed E-state index contributed by atoms with van der Waals surface area (Å²) >= 11 is 7.21. The standard InChI is InChI=1S/C10H13ClN2OS/c1-7(11)5-12-6-10-9(3-4-15-10)13-8(2)14/h3-4,12H,1,5-6H2,2H3,(H,13,14). The predicted molar refractivity (Wildman–Crippen MR) is 65.3 cm³/mol. The van der Waals surface area contributed by atoms with Gasteiger partial charge in [-0.25, -0.2) is 0 Å². The van der Waals surface area contributed by atoms with E-state index in [1.54, 1.807) is 11.3 Å². The molecule has 82 valence electrons. The van der Waals surface area contributed by atoms with Gasteiger partial charge in [0.25, 0.3) is 0 Å². The van der Waals surface area contributed by atoms with Crippen LogP contribution >= 0.6 is 22.9 Å². The molecular weight excluding hydrogens is 232 g/mol. The molecule has 0 spiro atoms. The highest BCUT2D eigenvalue weighted by Gasteiger charge is 2.04. The lowest BCUT2D eigenvalue weighted by Crippen LogP contribution is -2.15. The first-order valence-corrected chi connectivity index (χ1v) is 5.73. The van der Waals surface area contributed by atoms with Crippen LogP contribution in [-0.2, 0) is 11.3 Å². The van der Waals surface area contributed by atoms with Crippen LogP contribution in [0.15, 0.2) is 23.1 Å². The molecule has 15 heavy (non-hydrogen) atoms. The molecule has 0 saturated heterocycles. The van der Waals surface area contributed by atoms with E-state index in [-0.39, 0.29) is 5.91 Å². The van der Waals surface area contributed by atoms with Crippen LogP contribution < -0.4 is 10.6 Å². The third kappa shape index (κ3) is 4.46. The molecule has 5 heteroatoms. The van der Waals surface area contributed by atoms with E-state index in [2.05, 4.69) is 17.2 Å². The summed E-state index contributed by atoms with van der Waals surface area (Å²) in [5.74, 6) is -0.0589. The van der Waals surface area contributed by atoms with Gasteiger partial charge in [0.15, 0.2) is 0 Å². The highest BCUT2D eigenvalue weighted by molar-refractivity contribution is 7.10. The Kier molecular flexibility index (Phi) is 4.81. The van der Waals surface area contributed by atoms with Crippen LogP contribution in [0.2, 0.25) is 0 Å². The van der Waals surface area contributed by atoms with Crippen molar-refractivity contribution in [2.45, 2.75) is 13.5 Å². The predicted octanol–water partition coefficient (Wildman–Crippen LogP) is 2.55.